The molecule has 11 heteroatoms. The van der Waals surface area contributed by atoms with E-state index in [0.717, 1.165) is 54.9 Å². The van der Waals surface area contributed by atoms with Crippen LogP contribution in [0.2, 0.25) is 5.02 Å². The highest BCUT2D eigenvalue weighted by atomic mass is 35.5. The average molecular weight is 587 g/mol. The van der Waals surface area contributed by atoms with Crippen molar-refractivity contribution in [2.45, 2.75) is 39.5 Å². The lowest BCUT2D eigenvalue weighted by Crippen LogP contribution is -2.38. The number of ether oxygens (including phenoxy) is 1. The van der Waals surface area contributed by atoms with Gasteiger partial charge in [0.05, 0.1) is 16.5 Å². The van der Waals surface area contributed by atoms with E-state index in [1.807, 2.05) is 26.0 Å². The Morgan fingerprint density at radius 1 is 1.15 bits per heavy atom. The molecule has 0 spiro atoms. The molecule has 0 radical (unpaired) electrons. The number of aryl methyl sites for hydroxylation is 2. The number of carbonyl (C=O) groups excluding carboxylic acids is 1. The summed E-state index contributed by atoms with van der Waals surface area (Å²) in [5.41, 5.74) is 2.92. The Hall–Kier alpha value is -3.08. The maximum atomic E-state index is 14.1. The van der Waals surface area contributed by atoms with Gasteiger partial charge in [-0.15, -0.1) is 10.2 Å². The molecule has 5 rings (SSSR count). The van der Waals surface area contributed by atoms with E-state index < -0.39 is 11.8 Å². The van der Waals surface area contributed by atoms with E-state index in [0.29, 0.717) is 42.1 Å². The van der Waals surface area contributed by atoms with Gasteiger partial charge >= 0.3 is 5.97 Å². The molecule has 2 aliphatic rings. The first-order chi connectivity index (χ1) is 19.2. The minimum Gasteiger partial charge on any atom is -0.492 e. The molecule has 1 N–H and O–H groups in total. The van der Waals surface area contributed by atoms with E-state index in [4.69, 9.17) is 16.3 Å². The molecule has 2 fully saturated rings. The highest BCUT2D eigenvalue weighted by Crippen LogP contribution is 2.37. The molecule has 1 aliphatic carbocycles. The second-order valence-electron chi connectivity index (χ2n) is 10.6. The van der Waals surface area contributed by atoms with Crippen LogP contribution in [0.1, 0.15) is 47.2 Å². The summed E-state index contributed by atoms with van der Waals surface area (Å²) in [7, 11) is 0. The fourth-order valence-electron chi connectivity index (χ4n) is 5.04. The van der Waals surface area contributed by atoms with Gasteiger partial charge in [-0.25, -0.2) is 4.39 Å². The van der Waals surface area contributed by atoms with E-state index in [1.54, 1.807) is 4.90 Å². The zero-order valence-electron chi connectivity index (χ0n) is 22.5. The highest BCUT2D eigenvalue weighted by molar-refractivity contribution is 7.18. The van der Waals surface area contributed by atoms with E-state index in [-0.39, 0.29) is 22.4 Å². The summed E-state index contributed by atoms with van der Waals surface area (Å²) >= 11 is 7.44. The van der Waals surface area contributed by atoms with Gasteiger partial charge in [0, 0.05) is 18.7 Å². The Kier molecular flexibility index (Phi) is 8.68. The summed E-state index contributed by atoms with van der Waals surface area (Å²) in [5, 5.41) is 18.8. The van der Waals surface area contributed by atoms with Gasteiger partial charge in [-0.1, -0.05) is 29.0 Å². The predicted molar refractivity (Wildman–Crippen MR) is 153 cm³/mol. The zero-order chi connectivity index (χ0) is 28.4. The number of hydrogen-bond acceptors (Lipinski definition) is 7. The monoisotopic (exact) mass is 586 g/mol. The molecule has 1 aromatic heterocycles. The molecule has 1 aliphatic heterocycles. The summed E-state index contributed by atoms with van der Waals surface area (Å²) in [6.45, 7) is 7.25. The summed E-state index contributed by atoms with van der Waals surface area (Å²) in [4.78, 5) is 28.4. The molecule has 0 atom stereocenters. The number of aliphatic carboxylic acids is 1. The first-order valence-corrected chi connectivity index (χ1v) is 14.7. The molecule has 1 saturated carbocycles. The normalized spacial score (nSPS) is 16.2. The zero-order valence-corrected chi connectivity index (χ0v) is 24.1. The Balaban J connectivity index is 1.27. The fraction of sp³-hybridized carbons (Fsp3) is 0.448. The first kappa shape index (κ1) is 28.4. The number of likely N-dealkylation sites (tertiary alicyclic amines) is 1. The molecule has 0 bridgehead atoms. The number of benzene rings is 2. The third-order valence-electron chi connectivity index (χ3n) is 7.51. The second kappa shape index (κ2) is 12.2. The van der Waals surface area contributed by atoms with Crippen molar-refractivity contribution in [3.63, 3.8) is 0 Å². The number of carboxylic acids is 1. The number of carboxylic acid groups (broad SMARTS) is 1. The molecule has 2 aromatic carbocycles. The Bertz CT molecular complexity index is 1380. The largest absolute Gasteiger partial charge is 0.492 e. The van der Waals surface area contributed by atoms with Gasteiger partial charge in [-0.2, -0.15) is 0 Å². The van der Waals surface area contributed by atoms with Crippen molar-refractivity contribution in [2.75, 3.05) is 37.7 Å². The van der Waals surface area contributed by atoms with Crippen LogP contribution in [0, 0.1) is 31.5 Å². The summed E-state index contributed by atoms with van der Waals surface area (Å²) < 4.78 is 20.2. The van der Waals surface area contributed by atoms with Crippen molar-refractivity contribution in [3.05, 3.63) is 57.9 Å². The van der Waals surface area contributed by atoms with Gasteiger partial charge in [-0.3, -0.25) is 19.4 Å². The third kappa shape index (κ3) is 6.45. The second-order valence-corrected chi connectivity index (χ2v) is 11.9. The average Bonchev–Trinajstić information content (AvgIpc) is 3.63. The van der Waals surface area contributed by atoms with Crippen molar-refractivity contribution >= 4 is 39.9 Å². The van der Waals surface area contributed by atoms with Crippen LogP contribution in [0.15, 0.2) is 30.3 Å². The van der Waals surface area contributed by atoms with E-state index in [2.05, 4.69) is 15.1 Å². The quantitative estimate of drug-likeness (QED) is 0.318. The number of rotatable bonds is 10. The first-order valence-electron chi connectivity index (χ1n) is 13.5. The summed E-state index contributed by atoms with van der Waals surface area (Å²) in [5.74, 6) is -0.764. The lowest BCUT2D eigenvalue weighted by atomic mass is 9.97. The van der Waals surface area contributed by atoms with Crippen molar-refractivity contribution < 1.29 is 23.8 Å². The number of piperidine rings is 1. The molecule has 0 unspecified atom stereocenters. The topological polar surface area (TPSA) is 95.9 Å². The minimum atomic E-state index is -0.706. The fourth-order valence-corrected chi connectivity index (χ4v) is 6.09. The lowest BCUT2D eigenvalue weighted by molar-refractivity contribution is -0.143. The number of nitrogens with zero attached hydrogens (tertiary/aromatic N) is 4. The standard InChI is InChI=1S/C29H32ClFN4O4S/c1-17-14-21(15-18(2)25(17)39-13-12-34-10-8-20(9-11-34)28(37)38)26-32-33-29(40-26)35(16-19-6-7-19)27(36)22-4-3-5-23(31)24(22)30/h3-5,14-15,19-20H,6-13,16H2,1-2H3,(H,37,38). The van der Waals surface area contributed by atoms with Crippen molar-refractivity contribution in [1.29, 1.82) is 0 Å². The molecule has 40 heavy (non-hydrogen) atoms. The Labute approximate surface area is 241 Å². The van der Waals surface area contributed by atoms with E-state index >= 15 is 0 Å². The SMILES string of the molecule is Cc1cc(-c2nnc(N(CC3CC3)C(=O)c3cccc(F)c3Cl)s2)cc(C)c1OCCN1CCC(C(=O)O)CC1. The third-order valence-corrected chi connectivity index (χ3v) is 8.89. The molecule has 1 amide bonds. The van der Waals surface area contributed by atoms with Crippen LogP contribution in [-0.4, -0.2) is 64.9 Å². The molecular formula is C29H32ClFN4O4S. The van der Waals surface area contributed by atoms with E-state index in [1.165, 1.54) is 29.5 Å². The van der Waals surface area contributed by atoms with Crippen LogP contribution in [0.25, 0.3) is 10.6 Å². The van der Waals surface area contributed by atoms with Crippen LogP contribution in [-0.2, 0) is 4.79 Å². The van der Waals surface area contributed by atoms with E-state index in [9.17, 15) is 19.1 Å². The molecular weight excluding hydrogens is 555 g/mol. The predicted octanol–water partition coefficient (Wildman–Crippen LogP) is 5.85. The van der Waals surface area contributed by atoms with Crippen LogP contribution < -0.4 is 9.64 Å². The summed E-state index contributed by atoms with van der Waals surface area (Å²) in [6.07, 6.45) is 3.41. The van der Waals surface area contributed by atoms with Gasteiger partial charge < -0.3 is 9.84 Å². The van der Waals surface area contributed by atoms with Crippen LogP contribution in [0.5, 0.6) is 5.75 Å². The van der Waals surface area contributed by atoms with Gasteiger partial charge in [0.25, 0.3) is 5.91 Å². The summed E-state index contributed by atoms with van der Waals surface area (Å²) in [6, 6.07) is 8.24. The highest BCUT2D eigenvalue weighted by Gasteiger charge is 2.32. The smallest absolute Gasteiger partial charge is 0.306 e. The number of aromatic nitrogens is 2. The number of amides is 1. The molecule has 2 heterocycles. The van der Waals surface area contributed by atoms with Crippen molar-refractivity contribution in [2.24, 2.45) is 11.8 Å². The molecule has 8 nitrogen and oxygen atoms in total. The molecule has 1 saturated heterocycles. The van der Waals surface area contributed by atoms with Gasteiger partial charge in [0.1, 0.15) is 23.2 Å². The van der Waals surface area contributed by atoms with Gasteiger partial charge in [-0.05, 0) is 93.9 Å². The Morgan fingerprint density at radius 2 is 1.85 bits per heavy atom. The maximum Gasteiger partial charge on any atom is 0.306 e. The maximum absolute atomic E-state index is 14.1. The van der Waals surface area contributed by atoms with Crippen LogP contribution in [0.4, 0.5) is 9.52 Å². The number of hydrogen-bond donors (Lipinski definition) is 1. The van der Waals surface area contributed by atoms with Gasteiger partial charge in [0.2, 0.25) is 5.13 Å². The number of carbonyl (C=O) groups is 2. The number of anilines is 1. The molecule has 3 aromatic rings. The minimum absolute atomic E-state index is 0.110. The number of halogens is 2. The lowest BCUT2D eigenvalue weighted by Gasteiger charge is -2.30. The van der Waals surface area contributed by atoms with Crippen LogP contribution in [0.3, 0.4) is 0 Å². The Morgan fingerprint density at radius 3 is 2.50 bits per heavy atom. The van der Waals surface area contributed by atoms with Crippen molar-refractivity contribution in [1.82, 2.24) is 15.1 Å². The molecule has 212 valence electrons. The van der Waals surface area contributed by atoms with Gasteiger partial charge in [0.15, 0.2) is 0 Å². The van der Waals surface area contributed by atoms with Crippen LogP contribution >= 0.6 is 22.9 Å². The van der Waals surface area contributed by atoms with Crippen molar-refractivity contribution in [3.8, 4) is 16.3 Å².